The fraction of sp³-hybridized carbons (Fsp3) is 0.214. The molecule has 0 radical (unpaired) electrons. The van der Waals surface area contributed by atoms with E-state index in [9.17, 15) is 4.39 Å². The van der Waals surface area contributed by atoms with Crippen LogP contribution in [0.1, 0.15) is 24.1 Å². The van der Waals surface area contributed by atoms with Crippen LogP contribution in [0.15, 0.2) is 42.7 Å². The lowest BCUT2D eigenvalue weighted by Gasteiger charge is -2.10. The smallest absolute Gasteiger partial charge is 0.141 e. The largest absolute Gasteiger partial charge is 0.489 e. The highest BCUT2D eigenvalue weighted by molar-refractivity contribution is 5.30. The molecule has 1 atom stereocenters. The maximum absolute atomic E-state index is 12.9. The van der Waals surface area contributed by atoms with E-state index < -0.39 is 0 Å². The van der Waals surface area contributed by atoms with Crippen molar-refractivity contribution in [1.29, 1.82) is 0 Å². The molecule has 18 heavy (non-hydrogen) atoms. The molecule has 1 aromatic heterocycles. The Labute approximate surface area is 105 Å². The first kappa shape index (κ1) is 12.5. The van der Waals surface area contributed by atoms with Crippen LogP contribution in [0.4, 0.5) is 4.39 Å². The van der Waals surface area contributed by atoms with E-state index in [4.69, 9.17) is 10.5 Å². The van der Waals surface area contributed by atoms with Crippen LogP contribution >= 0.6 is 0 Å². The first-order chi connectivity index (χ1) is 8.65. The summed E-state index contributed by atoms with van der Waals surface area (Å²) in [6.07, 6.45) is 2.75. The Balaban J connectivity index is 2.04. The summed E-state index contributed by atoms with van der Waals surface area (Å²) in [4.78, 5) is 3.77. The second-order valence-corrected chi connectivity index (χ2v) is 4.16. The zero-order chi connectivity index (χ0) is 13.0. The Morgan fingerprint density at radius 2 is 2.17 bits per heavy atom. The highest BCUT2D eigenvalue weighted by atomic mass is 19.1. The van der Waals surface area contributed by atoms with Crippen LogP contribution in [0.25, 0.3) is 0 Å². The van der Waals surface area contributed by atoms with E-state index in [0.717, 1.165) is 5.56 Å². The molecule has 2 rings (SSSR count). The van der Waals surface area contributed by atoms with Gasteiger partial charge >= 0.3 is 0 Å². The minimum atomic E-state index is -0.361. The van der Waals surface area contributed by atoms with Gasteiger partial charge in [0.05, 0.1) is 6.20 Å². The summed E-state index contributed by atoms with van der Waals surface area (Å²) in [6, 6.07) is 8.93. The fourth-order valence-corrected chi connectivity index (χ4v) is 1.59. The van der Waals surface area contributed by atoms with Crippen LogP contribution in [0.2, 0.25) is 0 Å². The summed E-state index contributed by atoms with van der Waals surface area (Å²) < 4.78 is 18.5. The van der Waals surface area contributed by atoms with E-state index in [2.05, 4.69) is 4.98 Å². The second-order valence-electron chi connectivity index (χ2n) is 4.16. The Kier molecular flexibility index (Phi) is 3.89. The average molecular weight is 246 g/mol. The van der Waals surface area contributed by atoms with Gasteiger partial charge in [0.1, 0.15) is 18.2 Å². The SMILES string of the molecule is CC(N)c1cccc(OCc2cncc(F)c2)c1. The summed E-state index contributed by atoms with van der Waals surface area (Å²) in [5, 5.41) is 0. The molecule has 4 heteroatoms. The van der Waals surface area contributed by atoms with E-state index in [0.29, 0.717) is 11.3 Å². The topological polar surface area (TPSA) is 48.1 Å². The van der Waals surface area contributed by atoms with Crippen LogP contribution < -0.4 is 10.5 Å². The summed E-state index contributed by atoms with van der Waals surface area (Å²) in [7, 11) is 0. The van der Waals surface area contributed by atoms with Crippen LogP contribution in [-0.2, 0) is 6.61 Å². The third-order valence-electron chi connectivity index (χ3n) is 2.55. The predicted octanol–water partition coefficient (Wildman–Crippen LogP) is 2.82. The standard InChI is InChI=1S/C14H15FN2O/c1-10(16)12-3-2-4-14(6-12)18-9-11-5-13(15)8-17-7-11/h2-8,10H,9,16H2,1H3. The number of aromatic nitrogens is 1. The number of nitrogens with two attached hydrogens (primary N) is 1. The molecule has 1 aromatic carbocycles. The lowest BCUT2D eigenvalue weighted by molar-refractivity contribution is 0.304. The lowest BCUT2D eigenvalue weighted by Crippen LogP contribution is -2.05. The van der Waals surface area contributed by atoms with Gasteiger partial charge in [-0.3, -0.25) is 4.98 Å². The van der Waals surface area contributed by atoms with Crippen molar-refractivity contribution < 1.29 is 9.13 Å². The molecule has 0 amide bonds. The van der Waals surface area contributed by atoms with Crippen molar-refractivity contribution in [1.82, 2.24) is 4.98 Å². The Bertz CT molecular complexity index is 529. The molecule has 0 aliphatic carbocycles. The number of hydrogen-bond donors (Lipinski definition) is 1. The normalized spacial score (nSPS) is 12.2. The van der Waals surface area contributed by atoms with Gasteiger partial charge in [-0.2, -0.15) is 0 Å². The lowest BCUT2D eigenvalue weighted by atomic mass is 10.1. The maximum Gasteiger partial charge on any atom is 0.141 e. The molecule has 0 saturated heterocycles. The van der Waals surface area contributed by atoms with Crippen LogP contribution in [-0.4, -0.2) is 4.98 Å². The number of nitrogens with zero attached hydrogens (tertiary/aromatic N) is 1. The van der Waals surface area contributed by atoms with E-state index >= 15 is 0 Å². The van der Waals surface area contributed by atoms with Gasteiger partial charge in [-0.15, -0.1) is 0 Å². The van der Waals surface area contributed by atoms with E-state index in [1.165, 1.54) is 12.3 Å². The van der Waals surface area contributed by atoms with Crippen molar-refractivity contribution in [3.05, 3.63) is 59.7 Å². The molecule has 0 spiro atoms. The van der Waals surface area contributed by atoms with Gasteiger partial charge in [0.2, 0.25) is 0 Å². The zero-order valence-corrected chi connectivity index (χ0v) is 10.1. The van der Waals surface area contributed by atoms with Crippen molar-refractivity contribution in [2.75, 3.05) is 0 Å². The van der Waals surface area contributed by atoms with Crippen molar-refractivity contribution in [2.45, 2.75) is 19.6 Å². The first-order valence-corrected chi connectivity index (χ1v) is 5.73. The molecule has 0 fully saturated rings. The molecule has 0 bridgehead atoms. The molecule has 1 unspecified atom stereocenters. The Morgan fingerprint density at radius 1 is 1.33 bits per heavy atom. The summed E-state index contributed by atoms with van der Waals surface area (Å²) in [5.74, 6) is 0.356. The van der Waals surface area contributed by atoms with Crippen molar-refractivity contribution >= 4 is 0 Å². The number of halogens is 1. The summed E-state index contributed by atoms with van der Waals surface area (Å²) in [5.41, 5.74) is 7.49. The van der Waals surface area contributed by atoms with Gasteiger partial charge in [-0.1, -0.05) is 12.1 Å². The molecule has 0 aliphatic heterocycles. The quantitative estimate of drug-likeness (QED) is 0.902. The summed E-state index contributed by atoms with van der Waals surface area (Å²) >= 11 is 0. The molecule has 94 valence electrons. The molecular weight excluding hydrogens is 231 g/mol. The predicted molar refractivity (Wildman–Crippen MR) is 67.6 cm³/mol. The van der Waals surface area contributed by atoms with Crippen molar-refractivity contribution in [3.8, 4) is 5.75 Å². The Morgan fingerprint density at radius 3 is 2.89 bits per heavy atom. The molecular formula is C14H15FN2O. The minimum Gasteiger partial charge on any atom is -0.489 e. The third kappa shape index (κ3) is 3.28. The van der Waals surface area contributed by atoms with Crippen molar-refractivity contribution in [3.63, 3.8) is 0 Å². The highest BCUT2D eigenvalue weighted by Gasteiger charge is 2.02. The molecule has 2 aromatic rings. The molecule has 1 heterocycles. The van der Waals surface area contributed by atoms with Crippen LogP contribution in [0.3, 0.4) is 0 Å². The maximum atomic E-state index is 12.9. The van der Waals surface area contributed by atoms with Gasteiger partial charge < -0.3 is 10.5 Å². The van der Waals surface area contributed by atoms with Crippen LogP contribution in [0, 0.1) is 5.82 Å². The average Bonchev–Trinajstić information content (AvgIpc) is 2.37. The molecule has 3 nitrogen and oxygen atoms in total. The third-order valence-corrected chi connectivity index (χ3v) is 2.55. The van der Waals surface area contributed by atoms with Gasteiger partial charge in [0, 0.05) is 17.8 Å². The van der Waals surface area contributed by atoms with E-state index in [1.54, 1.807) is 6.20 Å². The number of hydrogen-bond acceptors (Lipinski definition) is 3. The van der Waals surface area contributed by atoms with E-state index in [1.807, 2.05) is 31.2 Å². The number of rotatable bonds is 4. The first-order valence-electron chi connectivity index (χ1n) is 5.73. The monoisotopic (exact) mass is 246 g/mol. The Hall–Kier alpha value is -1.94. The molecule has 2 N–H and O–H groups in total. The van der Waals surface area contributed by atoms with E-state index in [-0.39, 0.29) is 18.5 Å². The van der Waals surface area contributed by atoms with Gasteiger partial charge in [-0.05, 0) is 30.7 Å². The van der Waals surface area contributed by atoms with Crippen LogP contribution in [0.5, 0.6) is 5.75 Å². The van der Waals surface area contributed by atoms with Gasteiger partial charge in [0.25, 0.3) is 0 Å². The highest BCUT2D eigenvalue weighted by Crippen LogP contribution is 2.18. The van der Waals surface area contributed by atoms with Gasteiger partial charge in [0.15, 0.2) is 0 Å². The number of pyridine rings is 1. The second kappa shape index (κ2) is 5.60. The fourth-order valence-electron chi connectivity index (χ4n) is 1.59. The molecule has 0 saturated carbocycles. The van der Waals surface area contributed by atoms with Gasteiger partial charge in [-0.25, -0.2) is 4.39 Å². The number of benzene rings is 1. The number of ether oxygens (including phenoxy) is 1. The summed E-state index contributed by atoms with van der Waals surface area (Å²) in [6.45, 7) is 2.20. The zero-order valence-electron chi connectivity index (χ0n) is 10.1. The minimum absolute atomic E-state index is 0.0376. The van der Waals surface area contributed by atoms with Crippen molar-refractivity contribution in [2.24, 2.45) is 5.73 Å². The molecule has 0 aliphatic rings.